The summed E-state index contributed by atoms with van der Waals surface area (Å²) in [7, 11) is -5.11. The van der Waals surface area contributed by atoms with Crippen LogP contribution in [0.3, 0.4) is 0 Å². The van der Waals surface area contributed by atoms with Gasteiger partial charge in [0.05, 0.1) is 0 Å². The summed E-state index contributed by atoms with van der Waals surface area (Å²) in [5, 5.41) is 0. The van der Waals surface area contributed by atoms with Crippen molar-refractivity contribution in [3.8, 4) is 0 Å². The van der Waals surface area contributed by atoms with Crippen molar-refractivity contribution in [3.63, 3.8) is 0 Å². The summed E-state index contributed by atoms with van der Waals surface area (Å²) in [6.45, 7) is 0. The van der Waals surface area contributed by atoms with E-state index in [1.54, 1.807) is 0 Å². The molecular formula is H12FN3O3Si. The second-order valence-corrected chi connectivity index (χ2v) is 1.66. The van der Waals surface area contributed by atoms with Crippen LogP contribution < -0.4 is 18.5 Å². The Morgan fingerprint density at radius 3 is 0.875 bits per heavy atom. The normalized spacial score (nSPS) is 7.50. The van der Waals surface area contributed by atoms with Crippen LogP contribution in [0.5, 0.6) is 0 Å². The molecule has 8 heteroatoms. The van der Waals surface area contributed by atoms with Crippen LogP contribution in [0.4, 0.5) is 4.11 Å². The molecule has 0 aromatic heterocycles. The second-order valence-electron chi connectivity index (χ2n) is 0.554. The van der Waals surface area contributed by atoms with Crippen LogP contribution in [0.25, 0.3) is 0 Å². The van der Waals surface area contributed by atoms with Crippen molar-refractivity contribution in [1.82, 2.24) is 18.5 Å². The lowest BCUT2D eigenvalue weighted by Crippen LogP contribution is -2.27. The van der Waals surface area contributed by atoms with Gasteiger partial charge in [0, 0.05) is 0 Å². The summed E-state index contributed by atoms with van der Waals surface area (Å²) in [6, 6.07) is 0. The number of rotatable bonds is 0. The Hall–Kier alpha value is -0.0931. The summed E-state index contributed by atoms with van der Waals surface area (Å²) in [5.74, 6) is 0. The van der Waals surface area contributed by atoms with Gasteiger partial charge in [-0.05, 0) is 0 Å². The lowest BCUT2D eigenvalue weighted by atomic mass is 14.0. The molecule has 0 spiro atoms. The average Bonchev–Trinajstić information content (AvgIpc) is 0.722. The van der Waals surface area contributed by atoms with E-state index in [0.717, 1.165) is 0 Å². The molecule has 0 aromatic rings. The van der Waals surface area contributed by atoms with E-state index in [2.05, 4.69) is 0 Å². The molecule has 0 aliphatic carbocycles. The third kappa shape index (κ3) is 16400. The summed E-state index contributed by atoms with van der Waals surface area (Å²) in [6.07, 6.45) is 0. The smallest absolute Gasteiger partial charge is 0.365 e. The van der Waals surface area contributed by atoms with E-state index >= 15 is 0 Å². The van der Waals surface area contributed by atoms with E-state index in [0.29, 0.717) is 0 Å². The fourth-order valence-corrected chi connectivity index (χ4v) is 0. The molecule has 0 amide bonds. The molecule has 0 saturated carbocycles. The molecule has 0 atom stereocenters. The summed E-state index contributed by atoms with van der Waals surface area (Å²) < 4.78 is 10.5. The summed E-state index contributed by atoms with van der Waals surface area (Å²) >= 11 is 0. The first-order valence-electron chi connectivity index (χ1n) is 0.860. The minimum atomic E-state index is -5.11. The van der Waals surface area contributed by atoms with Gasteiger partial charge in [-0.3, -0.25) is 0 Å². The van der Waals surface area contributed by atoms with Crippen LogP contribution >= 0.6 is 0 Å². The van der Waals surface area contributed by atoms with E-state index < -0.39 is 9.14 Å². The van der Waals surface area contributed by atoms with Gasteiger partial charge in [0.1, 0.15) is 0 Å². The molecule has 8 heavy (non-hydrogen) atoms. The van der Waals surface area contributed by atoms with Crippen molar-refractivity contribution in [1.29, 1.82) is 0 Å². The van der Waals surface area contributed by atoms with Gasteiger partial charge in [-0.15, -0.1) is 0 Å². The Bertz CT molecular complexity index is 30.0. The molecule has 0 bridgehead atoms. The molecule has 0 aliphatic heterocycles. The lowest BCUT2D eigenvalue weighted by Gasteiger charge is -1.87. The first-order valence-corrected chi connectivity index (χ1v) is 2.58. The van der Waals surface area contributed by atoms with Crippen molar-refractivity contribution in [2.75, 3.05) is 0 Å². The van der Waals surface area contributed by atoms with Gasteiger partial charge < -0.3 is 32.8 Å². The van der Waals surface area contributed by atoms with E-state index in [-0.39, 0.29) is 18.5 Å². The van der Waals surface area contributed by atoms with Gasteiger partial charge in [-0.25, -0.2) is 4.11 Å². The zero-order chi connectivity index (χ0) is 4.50. The van der Waals surface area contributed by atoms with Gasteiger partial charge in [0.15, 0.2) is 0 Å². The SMILES string of the molecule is N.N.N.O[Si](O)(O)F. The highest BCUT2D eigenvalue weighted by atomic mass is 28.4. The molecular weight excluding hydrogens is 137 g/mol. The standard InChI is InChI=1S/FH3O3Si.3H3N/c1-5(2,3)4;;;/h2-4H;3*1H3. The topological polar surface area (TPSA) is 166 Å². The lowest BCUT2D eigenvalue weighted by molar-refractivity contribution is 0.165. The quantitative estimate of drug-likeness (QED) is 0.188. The van der Waals surface area contributed by atoms with Crippen LogP contribution in [0, 0.1) is 0 Å². The van der Waals surface area contributed by atoms with Crippen LogP contribution in [-0.2, 0) is 0 Å². The Morgan fingerprint density at radius 2 is 0.875 bits per heavy atom. The van der Waals surface area contributed by atoms with Gasteiger partial charge >= 0.3 is 9.14 Å². The predicted octanol–water partition coefficient (Wildman–Crippen LogP) is -1.15. The van der Waals surface area contributed by atoms with E-state index in [1.807, 2.05) is 0 Å². The largest absolute Gasteiger partial charge is 0.711 e. The van der Waals surface area contributed by atoms with Crippen LogP contribution in [0.1, 0.15) is 0 Å². The Morgan fingerprint density at radius 1 is 0.875 bits per heavy atom. The third-order valence-corrected chi connectivity index (χ3v) is 0. The Kier molecular flexibility index (Phi) is 21.3. The molecule has 0 fully saturated rings. The van der Waals surface area contributed by atoms with Gasteiger partial charge in [-0.1, -0.05) is 0 Å². The maximum absolute atomic E-state index is 10.5. The minimum absolute atomic E-state index is 0. The predicted molar refractivity (Wildman–Crippen MR) is 28.6 cm³/mol. The minimum Gasteiger partial charge on any atom is -0.365 e. The molecule has 0 heterocycles. The maximum Gasteiger partial charge on any atom is 0.711 e. The van der Waals surface area contributed by atoms with E-state index in [9.17, 15) is 4.11 Å². The van der Waals surface area contributed by atoms with Crippen molar-refractivity contribution in [3.05, 3.63) is 0 Å². The Balaban J connectivity index is -0.0000000267. The van der Waals surface area contributed by atoms with Gasteiger partial charge in [0.25, 0.3) is 0 Å². The molecule has 0 aliphatic rings. The highest BCUT2D eigenvalue weighted by Crippen LogP contribution is 1.79. The van der Waals surface area contributed by atoms with E-state index in [1.165, 1.54) is 0 Å². The van der Waals surface area contributed by atoms with Crippen LogP contribution in [-0.4, -0.2) is 23.5 Å². The van der Waals surface area contributed by atoms with Crippen molar-refractivity contribution in [2.45, 2.75) is 0 Å². The van der Waals surface area contributed by atoms with Crippen molar-refractivity contribution < 1.29 is 18.5 Å². The fraction of sp³-hybridized carbons (Fsp3) is 0. The molecule has 0 radical (unpaired) electrons. The molecule has 12 N–H and O–H groups in total. The molecule has 0 aromatic carbocycles. The molecule has 0 saturated heterocycles. The number of hydrogen-bond acceptors (Lipinski definition) is 6. The Labute approximate surface area is 47.3 Å². The third-order valence-electron chi connectivity index (χ3n) is 0. The van der Waals surface area contributed by atoms with Gasteiger partial charge in [-0.2, -0.15) is 0 Å². The molecule has 0 unspecified atom stereocenters. The van der Waals surface area contributed by atoms with Crippen LogP contribution in [0.15, 0.2) is 0 Å². The van der Waals surface area contributed by atoms with Gasteiger partial charge in [0.2, 0.25) is 0 Å². The fourth-order valence-electron chi connectivity index (χ4n) is 0. The molecule has 6 nitrogen and oxygen atoms in total. The zero-order valence-corrected chi connectivity index (χ0v) is 5.34. The zero-order valence-electron chi connectivity index (χ0n) is 4.34. The summed E-state index contributed by atoms with van der Waals surface area (Å²) in [4.78, 5) is 21.3. The summed E-state index contributed by atoms with van der Waals surface area (Å²) in [5.41, 5.74) is 0. The molecule has 56 valence electrons. The first-order chi connectivity index (χ1) is 2.00. The number of halogens is 1. The number of hydrogen-bond donors (Lipinski definition) is 6. The van der Waals surface area contributed by atoms with Crippen LogP contribution in [0.2, 0.25) is 0 Å². The van der Waals surface area contributed by atoms with Crippen molar-refractivity contribution >= 4 is 9.14 Å². The second kappa shape index (κ2) is 6.91. The monoisotopic (exact) mass is 149 g/mol. The maximum atomic E-state index is 10.5. The first kappa shape index (κ1) is 24.7. The van der Waals surface area contributed by atoms with Crippen molar-refractivity contribution in [2.24, 2.45) is 0 Å². The highest BCUT2D eigenvalue weighted by molar-refractivity contribution is 6.47. The highest BCUT2D eigenvalue weighted by Gasteiger charge is 2.26. The average molecular weight is 149 g/mol. The molecule has 0 rings (SSSR count). The van der Waals surface area contributed by atoms with E-state index in [4.69, 9.17) is 14.4 Å².